The molecule has 0 heterocycles. The monoisotopic (exact) mass is 460 g/mol. The summed E-state index contributed by atoms with van der Waals surface area (Å²) < 4.78 is 9.74. The van der Waals surface area contributed by atoms with E-state index in [2.05, 4.69) is 15.4 Å². The van der Waals surface area contributed by atoms with Crippen LogP contribution >= 0.6 is 0 Å². The minimum Gasteiger partial charge on any atom is -0.465 e. The first-order chi connectivity index (χ1) is 16.5. The van der Waals surface area contributed by atoms with Gasteiger partial charge in [0.15, 0.2) is 6.61 Å². The molecule has 3 aromatic carbocycles. The molecule has 0 aliphatic heterocycles. The van der Waals surface area contributed by atoms with Gasteiger partial charge in [0, 0.05) is 11.3 Å². The number of carbonyl (C=O) groups is 4. The average molecular weight is 460 g/mol. The van der Waals surface area contributed by atoms with Crippen LogP contribution in [0.1, 0.15) is 38.7 Å². The molecule has 174 valence electrons. The van der Waals surface area contributed by atoms with E-state index in [0.717, 1.165) is 5.56 Å². The fourth-order valence-corrected chi connectivity index (χ4v) is 3.14. The van der Waals surface area contributed by atoms with Gasteiger partial charge in [0.05, 0.1) is 25.1 Å². The zero-order valence-electron chi connectivity index (χ0n) is 18.5. The summed E-state index contributed by atoms with van der Waals surface area (Å²) in [5.74, 6) is -1.99. The van der Waals surface area contributed by atoms with E-state index in [1.54, 1.807) is 54.6 Å². The van der Waals surface area contributed by atoms with Crippen LogP contribution in [-0.2, 0) is 19.1 Å². The second kappa shape index (κ2) is 12.0. The van der Waals surface area contributed by atoms with E-state index >= 15 is 0 Å². The number of amides is 2. The number of hydrogen-bond donors (Lipinski definition) is 2. The third-order valence-electron chi connectivity index (χ3n) is 4.87. The van der Waals surface area contributed by atoms with Crippen molar-refractivity contribution in [2.75, 3.05) is 19.0 Å². The second-order valence-electron chi connectivity index (χ2n) is 7.28. The van der Waals surface area contributed by atoms with Crippen molar-refractivity contribution in [3.63, 3.8) is 0 Å². The molecule has 8 heteroatoms. The predicted molar refractivity (Wildman–Crippen MR) is 125 cm³/mol. The molecule has 2 N–H and O–H groups in total. The molecule has 0 unspecified atom stereocenters. The van der Waals surface area contributed by atoms with E-state index in [1.807, 2.05) is 6.07 Å². The highest BCUT2D eigenvalue weighted by atomic mass is 16.5. The van der Waals surface area contributed by atoms with Crippen molar-refractivity contribution in [3.8, 4) is 0 Å². The number of benzene rings is 3. The standard InChI is InChI=1S/C26H24N2O6/c1-33-26(32)20-12-14-21(15-13-20)27-23(29)17-34-24(30)16-22(18-8-4-2-5-9-18)28-25(31)19-10-6-3-7-11-19/h2-15,22H,16-17H2,1H3,(H,27,29)(H,28,31)/t22-/m0/s1. The van der Waals surface area contributed by atoms with Crippen LogP contribution in [0.15, 0.2) is 84.9 Å². The van der Waals surface area contributed by atoms with E-state index in [4.69, 9.17) is 4.74 Å². The molecule has 2 amide bonds. The fraction of sp³-hybridized carbons (Fsp3) is 0.154. The van der Waals surface area contributed by atoms with Crippen LogP contribution in [0, 0.1) is 0 Å². The van der Waals surface area contributed by atoms with Gasteiger partial charge in [0.25, 0.3) is 11.8 Å². The Morgan fingerprint density at radius 2 is 1.41 bits per heavy atom. The maximum Gasteiger partial charge on any atom is 0.337 e. The SMILES string of the molecule is COC(=O)c1ccc(NC(=O)COC(=O)C[C@H](NC(=O)c2ccccc2)c2ccccc2)cc1. The minimum atomic E-state index is -0.640. The molecule has 0 fully saturated rings. The molecular weight excluding hydrogens is 436 g/mol. The van der Waals surface area contributed by atoms with Crippen LogP contribution < -0.4 is 10.6 Å². The van der Waals surface area contributed by atoms with Gasteiger partial charge in [-0.15, -0.1) is 0 Å². The maximum atomic E-state index is 12.6. The van der Waals surface area contributed by atoms with Crippen molar-refractivity contribution < 1.29 is 28.7 Å². The summed E-state index contributed by atoms with van der Waals surface area (Å²) in [6.45, 7) is -0.494. The lowest BCUT2D eigenvalue weighted by molar-refractivity contribution is -0.147. The van der Waals surface area contributed by atoms with Crippen LogP contribution in [0.4, 0.5) is 5.69 Å². The third-order valence-corrected chi connectivity index (χ3v) is 4.87. The molecule has 8 nitrogen and oxygen atoms in total. The van der Waals surface area contributed by atoms with Gasteiger partial charge < -0.3 is 20.1 Å². The number of ether oxygens (including phenoxy) is 2. The first-order valence-electron chi connectivity index (χ1n) is 10.5. The summed E-state index contributed by atoms with van der Waals surface area (Å²) in [7, 11) is 1.28. The van der Waals surface area contributed by atoms with Crippen LogP contribution in [-0.4, -0.2) is 37.5 Å². The molecule has 0 saturated heterocycles. The fourth-order valence-electron chi connectivity index (χ4n) is 3.14. The first-order valence-corrected chi connectivity index (χ1v) is 10.5. The number of rotatable bonds is 9. The largest absolute Gasteiger partial charge is 0.465 e. The Balaban J connectivity index is 1.56. The highest BCUT2D eigenvalue weighted by Gasteiger charge is 2.20. The van der Waals surface area contributed by atoms with E-state index < -0.39 is 30.5 Å². The Labute approximate surface area is 196 Å². The second-order valence-corrected chi connectivity index (χ2v) is 7.28. The summed E-state index contributed by atoms with van der Waals surface area (Å²) >= 11 is 0. The van der Waals surface area contributed by atoms with Gasteiger partial charge in [-0.05, 0) is 42.0 Å². The van der Waals surface area contributed by atoms with Gasteiger partial charge in [0.2, 0.25) is 0 Å². The molecule has 0 radical (unpaired) electrons. The minimum absolute atomic E-state index is 0.149. The van der Waals surface area contributed by atoms with E-state index in [-0.39, 0.29) is 12.3 Å². The lowest BCUT2D eigenvalue weighted by atomic mass is 10.0. The van der Waals surface area contributed by atoms with Crippen molar-refractivity contribution in [3.05, 3.63) is 102 Å². The van der Waals surface area contributed by atoms with Crippen LogP contribution in [0.5, 0.6) is 0 Å². The number of carbonyl (C=O) groups excluding carboxylic acids is 4. The van der Waals surface area contributed by atoms with Gasteiger partial charge in [-0.25, -0.2) is 4.79 Å². The zero-order chi connectivity index (χ0) is 24.3. The van der Waals surface area contributed by atoms with E-state index in [0.29, 0.717) is 16.8 Å². The Bertz CT molecular complexity index is 1130. The van der Waals surface area contributed by atoms with Gasteiger partial charge in [-0.1, -0.05) is 48.5 Å². The number of methoxy groups -OCH3 is 1. The maximum absolute atomic E-state index is 12.6. The van der Waals surface area contributed by atoms with Crippen molar-refractivity contribution in [2.24, 2.45) is 0 Å². The summed E-state index contributed by atoms with van der Waals surface area (Å²) in [4.78, 5) is 48.7. The van der Waals surface area contributed by atoms with Crippen LogP contribution in [0.3, 0.4) is 0 Å². The topological polar surface area (TPSA) is 111 Å². The van der Waals surface area contributed by atoms with Crippen LogP contribution in [0.2, 0.25) is 0 Å². The molecule has 3 aromatic rings. The lowest BCUT2D eigenvalue weighted by Crippen LogP contribution is -2.31. The molecule has 0 spiro atoms. The molecule has 34 heavy (non-hydrogen) atoms. The number of hydrogen-bond acceptors (Lipinski definition) is 6. The van der Waals surface area contributed by atoms with Gasteiger partial charge >= 0.3 is 11.9 Å². The third kappa shape index (κ3) is 7.03. The summed E-state index contributed by atoms with van der Waals surface area (Å²) in [6, 6.07) is 23.2. The average Bonchev–Trinajstić information content (AvgIpc) is 2.88. The molecule has 0 bridgehead atoms. The highest BCUT2D eigenvalue weighted by Crippen LogP contribution is 2.18. The van der Waals surface area contributed by atoms with Gasteiger partial charge in [0.1, 0.15) is 0 Å². The normalized spacial score (nSPS) is 11.1. The van der Waals surface area contributed by atoms with Crippen molar-refractivity contribution in [2.45, 2.75) is 12.5 Å². The summed E-state index contributed by atoms with van der Waals surface area (Å²) in [5, 5.41) is 5.43. The number of nitrogens with one attached hydrogen (secondary N) is 2. The molecule has 0 aliphatic rings. The first kappa shape index (κ1) is 24.2. The summed E-state index contributed by atoms with van der Waals surface area (Å²) in [5.41, 5.74) is 1.98. The molecule has 1 atom stereocenters. The molecule has 0 saturated carbocycles. The van der Waals surface area contributed by atoms with Crippen molar-refractivity contribution in [1.29, 1.82) is 0 Å². The molecular formula is C26H24N2O6. The zero-order valence-corrected chi connectivity index (χ0v) is 18.5. The quantitative estimate of drug-likeness (QED) is 0.473. The summed E-state index contributed by atoms with van der Waals surface area (Å²) in [6.07, 6.45) is -0.149. The van der Waals surface area contributed by atoms with Crippen molar-refractivity contribution in [1.82, 2.24) is 5.32 Å². The lowest BCUT2D eigenvalue weighted by Gasteiger charge is -2.19. The number of esters is 2. The smallest absolute Gasteiger partial charge is 0.337 e. The Kier molecular flexibility index (Phi) is 8.51. The van der Waals surface area contributed by atoms with Crippen LogP contribution in [0.25, 0.3) is 0 Å². The van der Waals surface area contributed by atoms with Crippen molar-refractivity contribution >= 4 is 29.4 Å². The van der Waals surface area contributed by atoms with E-state index in [9.17, 15) is 19.2 Å². The number of anilines is 1. The Hall–Kier alpha value is -4.46. The van der Waals surface area contributed by atoms with Gasteiger partial charge in [-0.3, -0.25) is 14.4 Å². The molecule has 0 aromatic heterocycles. The molecule has 3 rings (SSSR count). The molecule has 0 aliphatic carbocycles. The highest BCUT2D eigenvalue weighted by molar-refractivity contribution is 5.95. The Morgan fingerprint density at radius 3 is 2.03 bits per heavy atom. The predicted octanol–water partition coefficient (Wildman–Crippen LogP) is 3.52. The van der Waals surface area contributed by atoms with Gasteiger partial charge in [-0.2, -0.15) is 0 Å². The van der Waals surface area contributed by atoms with E-state index in [1.165, 1.54) is 31.4 Å². The Morgan fingerprint density at radius 1 is 0.794 bits per heavy atom.